The van der Waals surface area contributed by atoms with E-state index in [0.29, 0.717) is 0 Å². The Hall–Kier alpha value is -1.56. The smallest absolute Gasteiger partial charge is 0.418 e. The highest BCUT2D eigenvalue weighted by molar-refractivity contribution is 7.90. The number of amides is 1. The van der Waals surface area contributed by atoms with Crippen LogP contribution in [0.4, 0.5) is 4.79 Å². The van der Waals surface area contributed by atoms with E-state index in [-0.39, 0.29) is 4.90 Å². The van der Waals surface area contributed by atoms with E-state index in [4.69, 9.17) is 5.11 Å². The Morgan fingerprint density at radius 3 is 2.27 bits per heavy atom. The summed E-state index contributed by atoms with van der Waals surface area (Å²) in [6.45, 7) is 1.94. The minimum atomic E-state index is -3.93. The maximum Gasteiger partial charge on any atom is 0.418 e. The molecule has 0 saturated heterocycles. The fourth-order valence-corrected chi connectivity index (χ4v) is 1.92. The van der Waals surface area contributed by atoms with Crippen molar-refractivity contribution in [1.82, 2.24) is 4.72 Å². The molecule has 0 atom stereocenters. The van der Waals surface area contributed by atoms with Gasteiger partial charge in [-0.1, -0.05) is 19.1 Å². The van der Waals surface area contributed by atoms with Crippen LogP contribution in [0.15, 0.2) is 29.2 Å². The Morgan fingerprint density at radius 1 is 1.33 bits per heavy atom. The van der Waals surface area contributed by atoms with Gasteiger partial charge in [0, 0.05) is 0 Å². The van der Waals surface area contributed by atoms with Gasteiger partial charge in [-0.25, -0.2) is 17.9 Å². The van der Waals surface area contributed by atoms with Crippen LogP contribution < -0.4 is 4.72 Å². The van der Waals surface area contributed by atoms with E-state index in [1.54, 1.807) is 12.1 Å². The van der Waals surface area contributed by atoms with Crippen molar-refractivity contribution >= 4 is 16.1 Å². The molecule has 1 rings (SSSR count). The summed E-state index contributed by atoms with van der Waals surface area (Å²) in [6.07, 6.45) is -0.790. The van der Waals surface area contributed by atoms with Crippen LogP contribution in [-0.2, 0) is 16.4 Å². The summed E-state index contributed by atoms with van der Waals surface area (Å²) in [5.41, 5.74) is 0.990. The first-order valence-electron chi connectivity index (χ1n) is 4.30. The molecule has 0 aliphatic rings. The summed E-state index contributed by atoms with van der Waals surface area (Å²) in [5.74, 6) is 0. The Balaban J connectivity index is 3.01. The Labute approximate surface area is 87.8 Å². The minimum Gasteiger partial charge on any atom is -0.464 e. The third-order valence-corrected chi connectivity index (χ3v) is 3.20. The molecule has 2 N–H and O–H groups in total. The molecular formula is C9H11NO4S. The number of sulfonamides is 1. The number of hydrogen-bond donors (Lipinski definition) is 2. The Kier molecular flexibility index (Phi) is 3.31. The van der Waals surface area contributed by atoms with Crippen LogP contribution in [-0.4, -0.2) is 19.6 Å². The topological polar surface area (TPSA) is 83.5 Å². The molecule has 1 aromatic rings. The van der Waals surface area contributed by atoms with E-state index >= 15 is 0 Å². The first-order chi connectivity index (χ1) is 6.95. The molecule has 0 aromatic heterocycles. The number of rotatable bonds is 3. The van der Waals surface area contributed by atoms with Gasteiger partial charge in [-0.2, -0.15) is 0 Å². The van der Waals surface area contributed by atoms with Gasteiger partial charge < -0.3 is 5.11 Å². The molecule has 5 nitrogen and oxygen atoms in total. The van der Waals surface area contributed by atoms with Crippen molar-refractivity contribution in [2.45, 2.75) is 18.2 Å². The molecule has 1 aromatic carbocycles. The fraction of sp³-hybridized carbons (Fsp3) is 0.222. The largest absolute Gasteiger partial charge is 0.464 e. The van der Waals surface area contributed by atoms with Gasteiger partial charge in [0.15, 0.2) is 0 Å². The van der Waals surface area contributed by atoms with Gasteiger partial charge in [-0.15, -0.1) is 0 Å². The quantitative estimate of drug-likeness (QED) is 0.815. The van der Waals surface area contributed by atoms with Crippen molar-refractivity contribution in [2.75, 3.05) is 0 Å². The molecule has 0 bridgehead atoms. The molecule has 1 amide bonds. The molecule has 82 valence electrons. The Bertz CT molecular complexity index is 450. The Morgan fingerprint density at radius 2 is 1.87 bits per heavy atom. The van der Waals surface area contributed by atoms with Crippen molar-refractivity contribution in [3.05, 3.63) is 29.8 Å². The molecule has 0 saturated carbocycles. The molecule has 15 heavy (non-hydrogen) atoms. The molecule has 0 radical (unpaired) electrons. The summed E-state index contributed by atoms with van der Waals surface area (Å²) in [4.78, 5) is 10.2. The summed E-state index contributed by atoms with van der Waals surface area (Å²) in [6, 6.07) is 6.06. The highest BCUT2D eigenvalue weighted by atomic mass is 32.2. The molecule has 0 aliphatic carbocycles. The monoisotopic (exact) mass is 229 g/mol. The van der Waals surface area contributed by atoms with Crippen molar-refractivity contribution in [1.29, 1.82) is 0 Å². The van der Waals surface area contributed by atoms with Gasteiger partial charge in [0.1, 0.15) is 0 Å². The van der Waals surface area contributed by atoms with Crippen molar-refractivity contribution in [2.24, 2.45) is 0 Å². The zero-order valence-electron chi connectivity index (χ0n) is 8.10. The summed E-state index contributed by atoms with van der Waals surface area (Å²) < 4.78 is 24.2. The van der Waals surface area contributed by atoms with Crippen molar-refractivity contribution in [3.8, 4) is 0 Å². The molecular weight excluding hydrogens is 218 g/mol. The predicted molar refractivity (Wildman–Crippen MR) is 54.2 cm³/mol. The first kappa shape index (κ1) is 11.5. The second-order valence-electron chi connectivity index (χ2n) is 2.91. The minimum absolute atomic E-state index is 0.0536. The lowest BCUT2D eigenvalue weighted by atomic mass is 10.2. The van der Waals surface area contributed by atoms with Crippen LogP contribution in [0.1, 0.15) is 12.5 Å². The number of carboxylic acid groups (broad SMARTS) is 1. The maximum atomic E-state index is 11.4. The molecule has 0 aliphatic heterocycles. The lowest BCUT2D eigenvalue weighted by molar-refractivity contribution is 0.201. The summed E-state index contributed by atoms with van der Waals surface area (Å²) in [7, 11) is -3.93. The number of benzene rings is 1. The van der Waals surface area contributed by atoms with Gasteiger partial charge in [-0.05, 0) is 24.1 Å². The fourth-order valence-electron chi connectivity index (χ4n) is 1.08. The van der Waals surface area contributed by atoms with Crippen molar-refractivity contribution in [3.63, 3.8) is 0 Å². The van der Waals surface area contributed by atoms with Gasteiger partial charge in [-0.3, -0.25) is 0 Å². The van der Waals surface area contributed by atoms with Crippen LogP contribution in [0.25, 0.3) is 0 Å². The van der Waals surface area contributed by atoms with E-state index in [2.05, 4.69) is 0 Å². The van der Waals surface area contributed by atoms with Crippen molar-refractivity contribution < 1.29 is 18.3 Å². The lowest BCUT2D eigenvalue weighted by Gasteiger charge is -2.03. The lowest BCUT2D eigenvalue weighted by Crippen LogP contribution is -2.28. The van der Waals surface area contributed by atoms with E-state index in [9.17, 15) is 13.2 Å². The van der Waals surface area contributed by atoms with Gasteiger partial charge in [0.25, 0.3) is 10.0 Å². The normalized spacial score (nSPS) is 11.0. The standard InChI is InChI=1S/C9H11NO4S/c1-2-7-3-5-8(6-4-7)15(13,14)10-9(11)12/h3-6,10H,2H2,1H3,(H,11,12). The van der Waals surface area contributed by atoms with E-state index in [0.717, 1.165) is 12.0 Å². The average molecular weight is 229 g/mol. The third kappa shape index (κ3) is 2.95. The number of carbonyl (C=O) groups is 1. The van der Waals surface area contributed by atoms with E-state index in [1.807, 2.05) is 6.92 Å². The highest BCUT2D eigenvalue weighted by Gasteiger charge is 2.16. The SMILES string of the molecule is CCc1ccc(S(=O)(=O)NC(=O)O)cc1. The zero-order valence-corrected chi connectivity index (χ0v) is 8.91. The average Bonchev–Trinajstić information content (AvgIpc) is 2.16. The van der Waals surface area contributed by atoms with Gasteiger partial charge in [0.05, 0.1) is 4.90 Å². The highest BCUT2D eigenvalue weighted by Crippen LogP contribution is 2.10. The molecule has 0 heterocycles. The summed E-state index contributed by atoms with van der Waals surface area (Å²) in [5, 5.41) is 8.32. The number of hydrogen-bond acceptors (Lipinski definition) is 3. The number of nitrogens with one attached hydrogen (secondary N) is 1. The van der Waals surface area contributed by atoms with Crippen LogP contribution in [0.2, 0.25) is 0 Å². The molecule has 0 fully saturated rings. The second-order valence-corrected chi connectivity index (χ2v) is 4.59. The predicted octanol–water partition coefficient (Wildman–Crippen LogP) is 1.21. The van der Waals surface area contributed by atoms with Crippen LogP contribution in [0, 0.1) is 0 Å². The maximum absolute atomic E-state index is 11.4. The molecule has 0 spiro atoms. The van der Waals surface area contributed by atoms with E-state index < -0.39 is 16.1 Å². The number of aryl methyl sites for hydroxylation is 1. The third-order valence-electron chi connectivity index (χ3n) is 1.86. The molecule has 0 unspecified atom stereocenters. The van der Waals surface area contributed by atoms with Crippen LogP contribution >= 0.6 is 0 Å². The first-order valence-corrected chi connectivity index (χ1v) is 5.78. The summed E-state index contributed by atoms with van der Waals surface area (Å²) >= 11 is 0. The van der Waals surface area contributed by atoms with Gasteiger partial charge >= 0.3 is 6.09 Å². The van der Waals surface area contributed by atoms with Crippen LogP contribution in [0.3, 0.4) is 0 Å². The van der Waals surface area contributed by atoms with E-state index in [1.165, 1.54) is 16.9 Å². The van der Waals surface area contributed by atoms with Gasteiger partial charge in [0.2, 0.25) is 0 Å². The molecule has 6 heteroatoms. The zero-order chi connectivity index (χ0) is 11.5. The van der Waals surface area contributed by atoms with Crippen LogP contribution in [0.5, 0.6) is 0 Å². The second kappa shape index (κ2) is 4.31.